The molecule has 0 radical (unpaired) electrons. The van der Waals surface area contributed by atoms with Crippen LogP contribution in [0.4, 0.5) is 0 Å². The maximum atomic E-state index is 12.9. The van der Waals surface area contributed by atoms with Crippen molar-refractivity contribution in [3.8, 4) is 0 Å². The molecule has 0 unspecified atom stereocenters. The van der Waals surface area contributed by atoms with Gasteiger partial charge in [0, 0.05) is 17.8 Å². The fourth-order valence-corrected chi connectivity index (χ4v) is 4.24. The van der Waals surface area contributed by atoms with E-state index in [0.29, 0.717) is 29.2 Å². The molecule has 1 aliphatic rings. The molecule has 1 N–H and O–H groups in total. The van der Waals surface area contributed by atoms with Crippen LogP contribution >= 0.6 is 11.3 Å². The minimum absolute atomic E-state index is 0.0135. The molecule has 0 spiro atoms. The van der Waals surface area contributed by atoms with Gasteiger partial charge in [0.05, 0.1) is 16.7 Å². The smallest absolute Gasteiger partial charge is 0.266 e. The first-order valence-electron chi connectivity index (χ1n) is 8.27. The second kappa shape index (κ2) is 6.47. The van der Waals surface area contributed by atoms with Crippen LogP contribution in [0.3, 0.4) is 0 Å². The fraction of sp³-hybridized carbons (Fsp3) is 0.529. The van der Waals surface area contributed by atoms with E-state index in [-0.39, 0.29) is 17.5 Å². The zero-order valence-electron chi connectivity index (χ0n) is 14.5. The van der Waals surface area contributed by atoms with Gasteiger partial charge in [-0.25, -0.2) is 9.97 Å². The molecule has 2 aromatic rings. The Morgan fingerprint density at radius 1 is 1.29 bits per heavy atom. The van der Waals surface area contributed by atoms with Gasteiger partial charge in [0.15, 0.2) is 0 Å². The van der Waals surface area contributed by atoms with Gasteiger partial charge in [-0.2, -0.15) is 0 Å². The molecule has 1 aliphatic heterocycles. The molecule has 1 atom stereocenters. The molecule has 0 saturated carbocycles. The normalized spacial score (nSPS) is 17.5. The number of aromatic nitrogens is 3. The minimum atomic E-state index is -0.170. The van der Waals surface area contributed by atoms with E-state index in [4.69, 9.17) is 0 Å². The van der Waals surface area contributed by atoms with Gasteiger partial charge < -0.3 is 9.88 Å². The number of aryl methyl sites for hydroxylation is 3. The van der Waals surface area contributed by atoms with Crippen molar-refractivity contribution >= 4 is 17.2 Å². The summed E-state index contributed by atoms with van der Waals surface area (Å²) < 4.78 is 0. The SMILES string of the molecule is CCc1c(C)nc([C@H]2CCCN2C(=O)c2sc(C)nc2C)[nH]c1=O. The maximum Gasteiger partial charge on any atom is 0.266 e. The Morgan fingerprint density at radius 2 is 2.04 bits per heavy atom. The Hall–Kier alpha value is -2.02. The minimum Gasteiger partial charge on any atom is -0.328 e. The summed E-state index contributed by atoms with van der Waals surface area (Å²) in [6, 6.07) is -0.170. The molecule has 1 amide bonds. The highest BCUT2D eigenvalue weighted by Crippen LogP contribution is 2.32. The van der Waals surface area contributed by atoms with E-state index < -0.39 is 0 Å². The molecule has 3 heterocycles. The number of amides is 1. The number of nitrogens with zero attached hydrogens (tertiary/aromatic N) is 3. The van der Waals surface area contributed by atoms with Crippen molar-refractivity contribution in [2.75, 3.05) is 6.54 Å². The van der Waals surface area contributed by atoms with Crippen molar-refractivity contribution in [3.63, 3.8) is 0 Å². The van der Waals surface area contributed by atoms with E-state index >= 15 is 0 Å². The monoisotopic (exact) mass is 346 g/mol. The molecule has 128 valence electrons. The number of hydrogen-bond donors (Lipinski definition) is 1. The van der Waals surface area contributed by atoms with Gasteiger partial charge in [-0.05, 0) is 40.0 Å². The maximum absolute atomic E-state index is 12.9. The lowest BCUT2D eigenvalue weighted by Crippen LogP contribution is -2.33. The molecule has 6 nitrogen and oxygen atoms in total. The van der Waals surface area contributed by atoms with Crippen LogP contribution in [0, 0.1) is 20.8 Å². The molecular weight excluding hydrogens is 324 g/mol. The number of thiazole rings is 1. The molecule has 1 fully saturated rings. The summed E-state index contributed by atoms with van der Waals surface area (Å²) in [5.74, 6) is 0.583. The van der Waals surface area contributed by atoms with E-state index in [1.54, 1.807) is 0 Å². The molecule has 3 rings (SSSR count). The van der Waals surface area contributed by atoms with Crippen molar-refractivity contribution in [2.45, 2.75) is 53.0 Å². The van der Waals surface area contributed by atoms with Crippen LogP contribution in [-0.4, -0.2) is 32.3 Å². The van der Waals surface area contributed by atoms with Gasteiger partial charge in [-0.1, -0.05) is 6.92 Å². The second-order valence-electron chi connectivity index (χ2n) is 6.17. The number of nitrogens with one attached hydrogen (secondary N) is 1. The summed E-state index contributed by atoms with van der Waals surface area (Å²) >= 11 is 1.42. The summed E-state index contributed by atoms with van der Waals surface area (Å²) in [7, 11) is 0. The van der Waals surface area contributed by atoms with Crippen LogP contribution in [0.15, 0.2) is 4.79 Å². The Bertz CT molecular complexity index is 840. The first-order valence-corrected chi connectivity index (χ1v) is 9.08. The summed E-state index contributed by atoms with van der Waals surface area (Å²) in [4.78, 5) is 39.5. The number of likely N-dealkylation sites (tertiary alicyclic amines) is 1. The standard InChI is InChI=1S/C17H22N4O2S/c1-5-12-9(2)19-15(20-16(12)22)13-7-6-8-21(13)17(23)14-10(3)18-11(4)24-14/h13H,5-8H2,1-4H3,(H,19,20,22)/t13-/m1/s1. The van der Waals surface area contributed by atoms with Crippen LogP contribution in [0.2, 0.25) is 0 Å². The van der Waals surface area contributed by atoms with E-state index in [2.05, 4.69) is 15.0 Å². The topological polar surface area (TPSA) is 79.0 Å². The van der Waals surface area contributed by atoms with Gasteiger partial charge in [0.25, 0.3) is 11.5 Å². The highest BCUT2D eigenvalue weighted by molar-refractivity contribution is 7.13. The number of H-pyrrole nitrogens is 1. The highest BCUT2D eigenvalue weighted by Gasteiger charge is 2.34. The third kappa shape index (κ3) is 2.88. The average Bonchev–Trinajstić information content (AvgIpc) is 3.12. The number of carbonyl (C=O) groups is 1. The number of aromatic amines is 1. The Kier molecular flexibility index (Phi) is 4.54. The Labute approximate surface area is 145 Å². The van der Waals surface area contributed by atoms with Crippen LogP contribution in [0.1, 0.15) is 63.3 Å². The van der Waals surface area contributed by atoms with Crippen molar-refractivity contribution in [2.24, 2.45) is 0 Å². The first kappa shape index (κ1) is 16.8. The van der Waals surface area contributed by atoms with Crippen LogP contribution in [0.5, 0.6) is 0 Å². The molecule has 1 saturated heterocycles. The van der Waals surface area contributed by atoms with Crippen molar-refractivity contribution in [1.82, 2.24) is 19.9 Å². The summed E-state index contributed by atoms with van der Waals surface area (Å²) in [6.07, 6.45) is 2.38. The number of hydrogen-bond acceptors (Lipinski definition) is 5. The molecule has 7 heteroatoms. The van der Waals surface area contributed by atoms with Crippen molar-refractivity contribution < 1.29 is 4.79 Å². The lowest BCUT2D eigenvalue weighted by Gasteiger charge is -2.24. The van der Waals surface area contributed by atoms with Gasteiger partial charge in [-0.15, -0.1) is 11.3 Å². The largest absolute Gasteiger partial charge is 0.328 e. The molecule has 0 aromatic carbocycles. The molecule has 2 aromatic heterocycles. The van der Waals surface area contributed by atoms with E-state index in [1.165, 1.54) is 11.3 Å². The van der Waals surface area contributed by atoms with Gasteiger partial charge in [0.2, 0.25) is 0 Å². The summed E-state index contributed by atoms with van der Waals surface area (Å²) in [5, 5.41) is 0.890. The zero-order valence-corrected chi connectivity index (χ0v) is 15.3. The molecule has 24 heavy (non-hydrogen) atoms. The average molecular weight is 346 g/mol. The van der Waals surface area contributed by atoms with Gasteiger partial charge in [0.1, 0.15) is 10.7 Å². The highest BCUT2D eigenvalue weighted by atomic mass is 32.1. The summed E-state index contributed by atoms with van der Waals surface area (Å²) in [5.41, 5.74) is 2.14. The van der Waals surface area contributed by atoms with E-state index in [9.17, 15) is 9.59 Å². The second-order valence-corrected chi connectivity index (χ2v) is 7.38. The third-order valence-electron chi connectivity index (χ3n) is 4.52. The van der Waals surface area contributed by atoms with Crippen LogP contribution in [-0.2, 0) is 6.42 Å². The number of carbonyl (C=O) groups excluding carboxylic acids is 1. The Morgan fingerprint density at radius 3 is 2.62 bits per heavy atom. The Balaban J connectivity index is 1.95. The lowest BCUT2D eigenvalue weighted by atomic mass is 10.1. The molecule has 0 aliphatic carbocycles. The van der Waals surface area contributed by atoms with Crippen LogP contribution < -0.4 is 5.56 Å². The predicted molar refractivity (Wildman–Crippen MR) is 93.6 cm³/mol. The van der Waals surface area contributed by atoms with Gasteiger partial charge in [-0.3, -0.25) is 9.59 Å². The number of rotatable bonds is 3. The predicted octanol–water partition coefficient (Wildman–Crippen LogP) is 2.69. The first-order chi connectivity index (χ1) is 11.4. The van der Waals surface area contributed by atoms with Crippen molar-refractivity contribution in [3.05, 3.63) is 43.0 Å². The molecular formula is C17H22N4O2S. The van der Waals surface area contributed by atoms with Crippen molar-refractivity contribution in [1.29, 1.82) is 0 Å². The fourth-order valence-electron chi connectivity index (χ4n) is 3.36. The quantitative estimate of drug-likeness (QED) is 0.927. The molecule has 0 bridgehead atoms. The van der Waals surface area contributed by atoms with Gasteiger partial charge >= 0.3 is 0 Å². The van der Waals surface area contributed by atoms with E-state index in [0.717, 1.165) is 29.2 Å². The zero-order chi connectivity index (χ0) is 17.4. The summed E-state index contributed by atoms with van der Waals surface area (Å²) in [6.45, 7) is 8.25. The lowest BCUT2D eigenvalue weighted by molar-refractivity contribution is 0.0733. The third-order valence-corrected chi connectivity index (χ3v) is 5.58. The van der Waals surface area contributed by atoms with E-state index in [1.807, 2.05) is 32.6 Å². The van der Waals surface area contributed by atoms with Crippen LogP contribution in [0.25, 0.3) is 0 Å².